The molecule has 0 aliphatic carbocycles. The van der Waals surface area contributed by atoms with Gasteiger partial charge in [-0.3, -0.25) is 4.79 Å². The maximum Gasteiger partial charge on any atom is 0.231 e. The molecule has 0 spiro atoms. The molecule has 5 heteroatoms. The first-order valence-electron chi connectivity index (χ1n) is 5.82. The van der Waals surface area contributed by atoms with Gasteiger partial charge in [-0.15, -0.1) is 0 Å². The van der Waals surface area contributed by atoms with Crippen molar-refractivity contribution < 1.29 is 9.53 Å². The molecule has 0 aliphatic rings. The van der Waals surface area contributed by atoms with E-state index >= 15 is 0 Å². The SMILES string of the molecule is CCC(C)(CN)C(=O)Nc1ccc(Cl)c(OC)c1. The Morgan fingerprint density at radius 3 is 2.72 bits per heavy atom. The largest absolute Gasteiger partial charge is 0.495 e. The number of benzene rings is 1. The Labute approximate surface area is 112 Å². The highest BCUT2D eigenvalue weighted by molar-refractivity contribution is 6.32. The standard InChI is InChI=1S/C13H19ClN2O2/c1-4-13(2,8-15)12(17)16-9-5-6-10(14)11(7-9)18-3/h5-7H,4,8,15H2,1-3H3,(H,16,17). The number of hydrogen-bond acceptors (Lipinski definition) is 3. The number of anilines is 1. The topological polar surface area (TPSA) is 64.4 Å². The number of nitrogens with two attached hydrogens (primary N) is 1. The van der Waals surface area contributed by atoms with E-state index in [0.29, 0.717) is 29.4 Å². The summed E-state index contributed by atoms with van der Waals surface area (Å²) < 4.78 is 5.10. The van der Waals surface area contributed by atoms with E-state index in [1.165, 1.54) is 7.11 Å². The molecule has 0 aromatic heterocycles. The summed E-state index contributed by atoms with van der Waals surface area (Å²) in [7, 11) is 1.53. The summed E-state index contributed by atoms with van der Waals surface area (Å²) >= 11 is 5.92. The zero-order chi connectivity index (χ0) is 13.8. The van der Waals surface area contributed by atoms with E-state index in [0.717, 1.165) is 0 Å². The van der Waals surface area contributed by atoms with Crippen LogP contribution in [0, 0.1) is 5.41 Å². The Kier molecular flexibility index (Phi) is 4.99. The van der Waals surface area contributed by atoms with Crippen molar-refractivity contribution in [1.82, 2.24) is 0 Å². The van der Waals surface area contributed by atoms with E-state index in [9.17, 15) is 4.79 Å². The quantitative estimate of drug-likeness (QED) is 0.865. The van der Waals surface area contributed by atoms with Crippen LogP contribution in [0.3, 0.4) is 0 Å². The summed E-state index contributed by atoms with van der Waals surface area (Å²) in [4.78, 5) is 12.1. The van der Waals surface area contributed by atoms with Crippen molar-refractivity contribution >= 4 is 23.2 Å². The summed E-state index contributed by atoms with van der Waals surface area (Å²) in [5.74, 6) is 0.428. The Hall–Kier alpha value is -1.26. The molecular weight excluding hydrogens is 252 g/mol. The van der Waals surface area contributed by atoms with Gasteiger partial charge in [0, 0.05) is 18.3 Å². The van der Waals surface area contributed by atoms with E-state index in [2.05, 4.69) is 5.32 Å². The van der Waals surface area contributed by atoms with Gasteiger partial charge in [0.15, 0.2) is 0 Å². The molecule has 1 unspecified atom stereocenters. The van der Waals surface area contributed by atoms with Crippen molar-refractivity contribution in [3.05, 3.63) is 23.2 Å². The molecule has 0 saturated carbocycles. The van der Waals surface area contributed by atoms with Crippen LogP contribution in [0.15, 0.2) is 18.2 Å². The predicted octanol–water partition coefficient (Wildman–Crippen LogP) is 2.66. The minimum absolute atomic E-state index is 0.100. The first-order chi connectivity index (χ1) is 8.46. The van der Waals surface area contributed by atoms with Crippen LogP contribution in [0.5, 0.6) is 5.75 Å². The monoisotopic (exact) mass is 270 g/mol. The fourth-order valence-electron chi connectivity index (χ4n) is 1.42. The molecule has 100 valence electrons. The third-order valence-electron chi connectivity index (χ3n) is 3.19. The van der Waals surface area contributed by atoms with E-state index in [1.54, 1.807) is 18.2 Å². The van der Waals surface area contributed by atoms with E-state index in [1.807, 2.05) is 13.8 Å². The normalized spacial score (nSPS) is 13.8. The molecule has 0 radical (unpaired) electrons. The number of nitrogens with one attached hydrogen (secondary N) is 1. The Bertz CT molecular complexity index is 431. The summed E-state index contributed by atoms with van der Waals surface area (Å²) in [5.41, 5.74) is 5.73. The fourth-order valence-corrected chi connectivity index (χ4v) is 1.61. The Morgan fingerprint density at radius 1 is 1.56 bits per heavy atom. The van der Waals surface area contributed by atoms with Gasteiger partial charge in [0.2, 0.25) is 5.91 Å². The molecule has 0 fully saturated rings. The van der Waals surface area contributed by atoms with Crippen LogP contribution in [0.4, 0.5) is 5.69 Å². The summed E-state index contributed by atoms with van der Waals surface area (Å²) in [6.07, 6.45) is 0.681. The Balaban J connectivity index is 2.88. The number of ether oxygens (including phenoxy) is 1. The van der Waals surface area contributed by atoms with Crippen molar-refractivity contribution in [2.24, 2.45) is 11.1 Å². The maximum atomic E-state index is 12.1. The molecule has 0 heterocycles. The van der Waals surface area contributed by atoms with Crippen molar-refractivity contribution in [1.29, 1.82) is 0 Å². The maximum absolute atomic E-state index is 12.1. The zero-order valence-electron chi connectivity index (χ0n) is 10.9. The molecule has 0 saturated heterocycles. The molecule has 0 bridgehead atoms. The lowest BCUT2D eigenvalue weighted by Gasteiger charge is -2.25. The third kappa shape index (κ3) is 3.15. The number of halogens is 1. The number of amides is 1. The number of carbonyl (C=O) groups is 1. The minimum Gasteiger partial charge on any atom is -0.495 e. The molecule has 1 amide bonds. The van der Waals surface area contributed by atoms with Gasteiger partial charge in [-0.05, 0) is 25.5 Å². The van der Waals surface area contributed by atoms with Gasteiger partial charge in [-0.1, -0.05) is 18.5 Å². The smallest absolute Gasteiger partial charge is 0.231 e. The molecule has 1 aromatic rings. The third-order valence-corrected chi connectivity index (χ3v) is 3.50. The zero-order valence-corrected chi connectivity index (χ0v) is 11.7. The van der Waals surface area contributed by atoms with Gasteiger partial charge in [0.1, 0.15) is 5.75 Å². The molecule has 3 N–H and O–H groups in total. The van der Waals surface area contributed by atoms with Gasteiger partial charge < -0.3 is 15.8 Å². The average molecular weight is 271 g/mol. The molecular formula is C13H19ClN2O2. The van der Waals surface area contributed by atoms with Crippen molar-refractivity contribution in [2.45, 2.75) is 20.3 Å². The second-order valence-electron chi connectivity index (χ2n) is 4.42. The van der Waals surface area contributed by atoms with Crippen LogP contribution in [-0.4, -0.2) is 19.6 Å². The fraction of sp³-hybridized carbons (Fsp3) is 0.462. The lowest BCUT2D eigenvalue weighted by atomic mass is 9.86. The lowest BCUT2D eigenvalue weighted by Crippen LogP contribution is -2.39. The van der Waals surface area contributed by atoms with E-state index < -0.39 is 5.41 Å². The molecule has 4 nitrogen and oxygen atoms in total. The second-order valence-corrected chi connectivity index (χ2v) is 4.83. The molecule has 1 rings (SSSR count). The van der Waals surface area contributed by atoms with Gasteiger partial charge in [0.25, 0.3) is 0 Å². The van der Waals surface area contributed by atoms with E-state index in [-0.39, 0.29) is 5.91 Å². The Morgan fingerprint density at radius 2 is 2.22 bits per heavy atom. The van der Waals surface area contributed by atoms with Crippen molar-refractivity contribution in [3.63, 3.8) is 0 Å². The number of hydrogen-bond donors (Lipinski definition) is 2. The highest BCUT2D eigenvalue weighted by atomic mass is 35.5. The average Bonchev–Trinajstić information content (AvgIpc) is 2.39. The minimum atomic E-state index is -0.563. The van der Waals surface area contributed by atoms with Crippen molar-refractivity contribution in [2.75, 3.05) is 19.0 Å². The van der Waals surface area contributed by atoms with Gasteiger partial charge >= 0.3 is 0 Å². The van der Waals surface area contributed by atoms with Crippen molar-refractivity contribution in [3.8, 4) is 5.75 Å². The van der Waals surface area contributed by atoms with Crippen LogP contribution in [0.2, 0.25) is 5.02 Å². The molecule has 1 aromatic carbocycles. The number of carbonyl (C=O) groups excluding carboxylic acids is 1. The van der Waals surface area contributed by atoms with Gasteiger partial charge in [0.05, 0.1) is 17.5 Å². The first kappa shape index (κ1) is 14.8. The summed E-state index contributed by atoms with van der Waals surface area (Å²) in [6, 6.07) is 5.10. The van der Waals surface area contributed by atoms with Crippen LogP contribution >= 0.6 is 11.6 Å². The van der Waals surface area contributed by atoms with Crippen LogP contribution in [0.1, 0.15) is 20.3 Å². The molecule has 0 aliphatic heterocycles. The lowest BCUT2D eigenvalue weighted by molar-refractivity contribution is -0.124. The van der Waals surface area contributed by atoms with Crippen LogP contribution in [0.25, 0.3) is 0 Å². The number of methoxy groups -OCH3 is 1. The first-order valence-corrected chi connectivity index (χ1v) is 6.19. The number of rotatable bonds is 5. The highest BCUT2D eigenvalue weighted by Gasteiger charge is 2.29. The highest BCUT2D eigenvalue weighted by Crippen LogP contribution is 2.29. The molecule has 1 atom stereocenters. The van der Waals surface area contributed by atoms with Gasteiger partial charge in [-0.2, -0.15) is 0 Å². The molecule has 18 heavy (non-hydrogen) atoms. The van der Waals surface area contributed by atoms with Crippen LogP contribution < -0.4 is 15.8 Å². The van der Waals surface area contributed by atoms with E-state index in [4.69, 9.17) is 22.1 Å². The van der Waals surface area contributed by atoms with Crippen LogP contribution in [-0.2, 0) is 4.79 Å². The predicted molar refractivity (Wildman–Crippen MR) is 74.1 cm³/mol. The summed E-state index contributed by atoms with van der Waals surface area (Å²) in [5, 5.41) is 3.34. The second kappa shape index (κ2) is 6.07. The summed E-state index contributed by atoms with van der Waals surface area (Å²) in [6.45, 7) is 4.09. The van der Waals surface area contributed by atoms with Gasteiger partial charge in [-0.25, -0.2) is 0 Å².